The van der Waals surface area contributed by atoms with Crippen LogP contribution in [0.1, 0.15) is 65.2 Å². The lowest BCUT2D eigenvalue weighted by Gasteiger charge is -2.48. The third-order valence-electron chi connectivity index (χ3n) is 5.70. The molecule has 0 aromatic heterocycles. The Morgan fingerprint density at radius 1 is 1.17 bits per heavy atom. The molecule has 0 radical (unpaired) electrons. The Hall–Kier alpha value is -0.0800. The summed E-state index contributed by atoms with van der Waals surface area (Å²) in [4.78, 5) is 2.64. The van der Waals surface area contributed by atoms with Crippen molar-refractivity contribution >= 4 is 0 Å². The lowest BCUT2D eigenvalue weighted by atomic mass is 9.75. The fraction of sp³-hybridized carbons (Fsp3) is 1.00. The molecule has 2 fully saturated rings. The SMILES string of the molecule is CC1CCCC(N(C)C(C)(CN)CC2CCC2)C1. The molecule has 0 aromatic carbocycles. The predicted molar refractivity (Wildman–Crippen MR) is 78.6 cm³/mol. The van der Waals surface area contributed by atoms with Crippen LogP contribution in [0.5, 0.6) is 0 Å². The Kier molecular flexibility index (Phi) is 4.71. The first-order valence-electron chi connectivity index (χ1n) is 7.98. The summed E-state index contributed by atoms with van der Waals surface area (Å²) in [5, 5.41) is 0. The Balaban J connectivity index is 1.95. The van der Waals surface area contributed by atoms with Crippen LogP contribution in [0.4, 0.5) is 0 Å². The third-order valence-corrected chi connectivity index (χ3v) is 5.70. The van der Waals surface area contributed by atoms with Crippen LogP contribution in [0.15, 0.2) is 0 Å². The van der Waals surface area contributed by atoms with Gasteiger partial charge in [-0.1, -0.05) is 39.0 Å². The molecule has 0 bridgehead atoms. The van der Waals surface area contributed by atoms with Gasteiger partial charge in [-0.05, 0) is 45.1 Å². The molecule has 2 N–H and O–H groups in total. The standard InChI is InChI=1S/C16H32N2/c1-13-6-4-9-15(10-13)18(3)16(2,12-17)11-14-7-5-8-14/h13-15H,4-12,17H2,1-3H3. The lowest BCUT2D eigenvalue weighted by Crippen LogP contribution is -2.56. The van der Waals surface area contributed by atoms with Crippen molar-refractivity contribution in [3.05, 3.63) is 0 Å². The predicted octanol–water partition coefficient (Wildman–Crippen LogP) is 3.40. The summed E-state index contributed by atoms with van der Waals surface area (Å²) < 4.78 is 0. The molecule has 3 unspecified atom stereocenters. The van der Waals surface area contributed by atoms with Crippen molar-refractivity contribution in [2.24, 2.45) is 17.6 Å². The summed E-state index contributed by atoms with van der Waals surface area (Å²) in [5.41, 5.74) is 6.36. The van der Waals surface area contributed by atoms with Gasteiger partial charge in [0.25, 0.3) is 0 Å². The topological polar surface area (TPSA) is 29.3 Å². The van der Waals surface area contributed by atoms with Crippen LogP contribution in [0.25, 0.3) is 0 Å². The maximum absolute atomic E-state index is 6.13. The minimum atomic E-state index is 0.229. The number of nitrogens with zero attached hydrogens (tertiary/aromatic N) is 1. The number of nitrogens with two attached hydrogens (primary N) is 1. The van der Waals surface area contributed by atoms with Crippen LogP contribution in [0.3, 0.4) is 0 Å². The molecule has 3 atom stereocenters. The van der Waals surface area contributed by atoms with Gasteiger partial charge in [0.05, 0.1) is 0 Å². The average Bonchev–Trinajstić information content (AvgIpc) is 2.32. The molecule has 0 saturated heterocycles. The molecule has 2 aliphatic carbocycles. The summed E-state index contributed by atoms with van der Waals surface area (Å²) >= 11 is 0. The molecule has 0 spiro atoms. The Morgan fingerprint density at radius 2 is 1.83 bits per heavy atom. The van der Waals surface area contributed by atoms with Crippen LogP contribution in [0.2, 0.25) is 0 Å². The highest BCUT2D eigenvalue weighted by molar-refractivity contribution is 4.94. The normalized spacial score (nSPS) is 33.2. The number of rotatable bonds is 5. The van der Waals surface area contributed by atoms with E-state index < -0.39 is 0 Å². The van der Waals surface area contributed by atoms with Gasteiger partial charge in [0.1, 0.15) is 0 Å². The molecule has 2 saturated carbocycles. The second-order valence-electron chi connectivity index (χ2n) is 7.24. The fourth-order valence-corrected chi connectivity index (χ4v) is 3.88. The van der Waals surface area contributed by atoms with E-state index in [1.165, 1.54) is 51.4 Å². The minimum Gasteiger partial charge on any atom is -0.329 e. The maximum atomic E-state index is 6.13. The van der Waals surface area contributed by atoms with Crippen molar-refractivity contribution in [1.29, 1.82) is 0 Å². The van der Waals surface area contributed by atoms with Gasteiger partial charge in [-0.2, -0.15) is 0 Å². The molecule has 18 heavy (non-hydrogen) atoms. The van der Waals surface area contributed by atoms with Crippen LogP contribution in [-0.4, -0.2) is 30.1 Å². The molecule has 2 heteroatoms. The third kappa shape index (κ3) is 3.08. The number of likely N-dealkylation sites (N-methyl/N-ethyl adjacent to an activating group) is 1. The number of hydrogen-bond donors (Lipinski definition) is 1. The summed E-state index contributed by atoms with van der Waals surface area (Å²) in [6, 6.07) is 0.766. The molecule has 2 nitrogen and oxygen atoms in total. The second kappa shape index (κ2) is 5.92. The van der Waals surface area contributed by atoms with E-state index >= 15 is 0 Å². The smallest absolute Gasteiger partial charge is 0.0306 e. The highest BCUT2D eigenvalue weighted by Crippen LogP contribution is 2.38. The zero-order valence-corrected chi connectivity index (χ0v) is 12.6. The van der Waals surface area contributed by atoms with E-state index in [-0.39, 0.29) is 5.54 Å². The summed E-state index contributed by atoms with van der Waals surface area (Å²) in [6.45, 7) is 5.61. The summed E-state index contributed by atoms with van der Waals surface area (Å²) in [5.74, 6) is 1.85. The molecule has 0 heterocycles. The van der Waals surface area contributed by atoms with Gasteiger partial charge < -0.3 is 5.73 Å². The average molecular weight is 252 g/mol. The monoisotopic (exact) mass is 252 g/mol. The molecular formula is C16H32N2. The van der Waals surface area contributed by atoms with E-state index in [1.54, 1.807) is 0 Å². The van der Waals surface area contributed by atoms with Crippen LogP contribution in [0, 0.1) is 11.8 Å². The molecule has 2 rings (SSSR count). The van der Waals surface area contributed by atoms with E-state index in [0.717, 1.165) is 24.4 Å². The molecule has 0 aromatic rings. The molecule has 106 valence electrons. The van der Waals surface area contributed by atoms with Crippen molar-refractivity contribution in [1.82, 2.24) is 4.90 Å². The Labute approximate surface area is 113 Å². The van der Waals surface area contributed by atoms with E-state index in [2.05, 4.69) is 25.8 Å². The quantitative estimate of drug-likeness (QED) is 0.812. The van der Waals surface area contributed by atoms with E-state index in [4.69, 9.17) is 5.73 Å². The van der Waals surface area contributed by atoms with Crippen LogP contribution >= 0.6 is 0 Å². The van der Waals surface area contributed by atoms with E-state index in [9.17, 15) is 0 Å². The van der Waals surface area contributed by atoms with Crippen molar-refractivity contribution in [3.8, 4) is 0 Å². The van der Waals surface area contributed by atoms with Crippen molar-refractivity contribution in [2.75, 3.05) is 13.6 Å². The van der Waals surface area contributed by atoms with Gasteiger partial charge in [-0.15, -0.1) is 0 Å². The fourth-order valence-electron chi connectivity index (χ4n) is 3.88. The Bertz CT molecular complexity index is 262. The molecule has 0 aliphatic heterocycles. The Morgan fingerprint density at radius 3 is 2.33 bits per heavy atom. The second-order valence-corrected chi connectivity index (χ2v) is 7.24. The first kappa shape index (κ1) is 14.3. The van der Waals surface area contributed by atoms with E-state index in [0.29, 0.717) is 0 Å². The van der Waals surface area contributed by atoms with Gasteiger partial charge in [-0.3, -0.25) is 4.90 Å². The first-order valence-corrected chi connectivity index (χ1v) is 7.98. The van der Waals surface area contributed by atoms with Gasteiger partial charge in [-0.25, -0.2) is 0 Å². The lowest BCUT2D eigenvalue weighted by molar-refractivity contribution is 0.0315. The molecule has 0 amide bonds. The van der Waals surface area contributed by atoms with E-state index in [1.807, 2.05) is 0 Å². The van der Waals surface area contributed by atoms with Crippen molar-refractivity contribution in [3.63, 3.8) is 0 Å². The highest BCUT2D eigenvalue weighted by atomic mass is 15.2. The molecule has 2 aliphatic rings. The van der Waals surface area contributed by atoms with Crippen molar-refractivity contribution in [2.45, 2.75) is 76.8 Å². The first-order chi connectivity index (χ1) is 8.55. The number of hydrogen-bond acceptors (Lipinski definition) is 2. The van der Waals surface area contributed by atoms with Crippen LogP contribution < -0.4 is 5.73 Å². The highest BCUT2D eigenvalue weighted by Gasteiger charge is 2.37. The maximum Gasteiger partial charge on any atom is 0.0306 e. The van der Waals surface area contributed by atoms with Crippen LogP contribution in [-0.2, 0) is 0 Å². The zero-order chi connectivity index (χ0) is 13.2. The molecular weight excluding hydrogens is 220 g/mol. The summed E-state index contributed by atoms with van der Waals surface area (Å²) in [6.07, 6.45) is 11.2. The summed E-state index contributed by atoms with van der Waals surface area (Å²) in [7, 11) is 2.33. The zero-order valence-electron chi connectivity index (χ0n) is 12.6. The van der Waals surface area contributed by atoms with Gasteiger partial charge >= 0.3 is 0 Å². The van der Waals surface area contributed by atoms with Gasteiger partial charge in [0.2, 0.25) is 0 Å². The van der Waals surface area contributed by atoms with Crippen molar-refractivity contribution < 1.29 is 0 Å². The van der Waals surface area contributed by atoms with Gasteiger partial charge in [0.15, 0.2) is 0 Å². The largest absolute Gasteiger partial charge is 0.329 e. The minimum absolute atomic E-state index is 0.229. The van der Waals surface area contributed by atoms with Gasteiger partial charge in [0, 0.05) is 18.1 Å².